The number of rotatable bonds is 5. The Labute approximate surface area is 170 Å². The molecule has 4 rings (SSSR count). The molecule has 0 saturated heterocycles. The Bertz CT molecular complexity index is 1180. The van der Waals surface area contributed by atoms with Crippen molar-refractivity contribution < 1.29 is 19.3 Å². The number of ketones is 3. The zero-order valence-electron chi connectivity index (χ0n) is 15.4. The maximum Gasteiger partial charge on any atom is 0.269 e. The lowest BCUT2D eigenvalue weighted by atomic mass is 9.85. The molecule has 8 heteroatoms. The fraction of sp³-hybridized carbons (Fsp3) is 0.0455. The molecule has 0 unspecified atom stereocenters. The van der Waals surface area contributed by atoms with Crippen LogP contribution in [0.15, 0.2) is 89.1 Å². The van der Waals surface area contributed by atoms with Gasteiger partial charge in [-0.15, -0.1) is 0 Å². The van der Waals surface area contributed by atoms with Crippen LogP contribution in [0.25, 0.3) is 0 Å². The van der Waals surface area contributed by atoms with Gasteiger partial charge in [0.05, 0.1) is 10.6 Å². The molecule has 0 aromatic heterocycles. The van der Waals surface area contributed by atoms with Gasteiger partial charge in [-0.25, -0.2) is 0 Å². The zero-order chi connectivity index (χ0) is 21.3. The van der Waals surface area contributed by atoms with Gasteiger partial charge in [-0.2, -0.15) is 10.2 Å². The van der Waals surface area contributed by atoms with Crippen molar-refractivity contribution in [1.82, 2.24) is 0 Å². The molecule has 1 aliphatic carbocycles. The van der Waals surface area contributed by atoms with E-state index < -0.39 is 27.8 Å². The smallest absolute Gasteiger partial charge is 0.269 e. The first kappa shape index (κ1) is 19.0. The van der Waals surface area contributed by atoms with E-state index in [0.717, 1.165) is 12.1 Å². The number of carbonyl (C=O) groups is 3. The zero-order valence-corrected chi connectivity index (χ0v) is 15.4. The van der Waals surface area contributed by atoms with E-state index in [9.17, 15) is 24.5 Å². The number of nitro benzene ring substituents is 1. The maximum atomic E-state index is 13.4. The summed E-state index contributed by atoms with van der Waals surface area (Å²) in [7, 11) is 0. The molecular weight excluding hydrogens is 386 g/mol. The van der Waals surface area contributed by atoms with Crippen LogP contribution in [0, 0.1) is 10.1 Å². The summed E-state index contributed by atoms with van der Waals surface area (Å²) in [6, 6.07) is 19.1. The Morgan fingerprint density at radius 1 is 0.800 bits per heavy atom. The van der Waals surface area contributed by atoms with Gasteiger partial charge in [-0.3, -0.25) is 24.5 Å². The number of non-ortho nitro benzene ring substituents is 1. The molecule has 0 heterocycles. The average molecular weight is 399 g/mol. The summed E-state index contributed by atoms with van der Waals surface area (Å²) in [6.07, 6.45) is 0. The van der Waals surface area contributed by atoms with E-state index in [2.05, 4.69) is 10.2 Å². The summed E-state index contributed by atoms with van der Waals surface area (Å²) in [5.41, 5.74) is -2.14. The molecule has 1 aliphatic rings. The van der Waals surface area contributed by atoms with Gasteiger partial charge in [0.2, 0.25) is 17.3 Å². The van der Waals surface area contributed by atoms with E-state index >= 15 is 0 Å². The molecule has 8 nitrogen and oxygen atoms in total. The molecule has 0 radical (unpaired) electrons. The fourth-order valence-corrected chi connectivity index (χ4v) is 3.29. The Kier molecular flexibility index (Phi) is 4.59. The highest BCUT2D eigenvalue weighted by molar-refractivity contribution is 6.45. The summed E-state index contributed by atoms with van der Waals surface area (Å²) < 4.78 is 0. The Morgan fingerprint density at radius 2 is 1.33 bits per heavy atom. The van der Waals surface area contributed by atoms with Crippen molar-refractivity contribution in [2.24, 2.45) is 10.2 Å². The molecule has 146 valence electrons. The van der Waals surface area contributed by atoms with Crippen molar-refractivity contribution in [2.45, 2.75) is 5.54 Å². The number of hydrogen-bond acceptors (Lipinski definition) is 7. The van der Waals surface area contributed by atoms with Crippen LogP contribution in [0.2, 0.25) is 0 Å². The highest BCUT2D eigenvalue weighted by atomic mass is 16.6. The normalized spacial score (nSPS) is 14.7. The van der Waals surface area contributed by atoms with Gasteiger partial charge in [-0.05, 0) is 24.3 Å². The van der Waals surface area contributed by atoms with Gasteiger partial charge in [0, 0.05) is 28.8 Å². The van der Waals surface area contributed by atoms with E-state index in [1.807, 2.05) is 0 Å². The average Bonchev–Trinajstić information content (AvgIpc) is 3.00. The molecule has 0 saturated carbocycles. The molecule has 0 spiro atoms. The number of benzene rings is 3. The Morgan fingerprint density at radius 3 is 1.87 bits per heavy atom. The number of nitro groups is 1. The number of azo groups is 1. The second-order valence-corrected chi connectivity index (χ2v) is 6.58. The van der Waals surface area contributed by atoms with Crippen molar-refractivity contribution in [2.75, 3.05) is 0 Å². The second-order valence-electron chi connectivity index (χ2n) is 6.58. The van der Waals surface area contributed by atoms with Crippen molar-refractivity contribution in [3.63, 3.8) is 0 Å². The SMILES string of the molecule is O=C(c1ccc([N+](=O)[O-])cc1)C1(N=Nc2ccccc2)C(=O)c2ccccc2C1=O. The van der Waals surface area contributed by atoms with E-state index in [0.29, 0.717) is 5.69 Å². The molecule has 0 fully saturated rings. The van der Waals surface area contributed by atoms with Gasteiger partial charge in [0.25, 0.3) is 11.2 Å². The summed E-state index contributed by atoms with van der Waals surface area (Å²) in [5.74, 6) is -2.43. The number of Topliss-reactive ketones (excluding diaryl/α,β-unsaturated/α-hetero) is 3. The van der Waals surface area contributed by atoms with Crippen LogP contribution in [0.5, 0.6) is 0 Å². The van der Waals surface area contributed by atoms with Crippen LogP contribution in [-0.2, 0) is 0 Å². The molecule has 0 amide bonds. The minimum absolute atomic E-state index is 0.0536. The summed E-state index contributed by atoms with van der Waals surface area (Å²) in [5, 5.41) is 18.9. The van der Waals surface area contributed by atoms with Crippen LogP contribution in [0.4, 0.5) is 11.4 Å². The molecule has 30 heavy (non-hydrogen) atoms. The largest absolute Gasteiger partial charge is 0.290 e. The second kappa shape index (κ2) is 7.25. The summed E-state index contributed by atoms with van der Waals surface area (Å²) in [4.78, 5) is 50.2. The molecule has 3 aromatic carbocycles. The van der Waals surface area contributed by atoms with E-state index in [-0.39, 0.29) is 22.4 Å². The van der Waals surface area contributed by atoms with Crippen LogP contribution >= 0.6 is 0 Å². The highest BCUT2D eigenvalue weighted by Gasteiger charge is 2.59. The third-order valence-electron chi connectivity index (χ3n) is 4.81. The van der Waals surface area contributed by atoms with E-state index in [1.165, 1.54) is 24.3 Å². The number of carbonyl (C=O) groups excluding carboxylic acids is 3. The predicted octanol–water partition coefficient (Wildman–Crippen LogP) is 4.38. The molecule has 0 N–H and O–H groups in total. The standard InChI is InChI=1S/C22H13N3O5/c26-19(14-10-12-16(13-11-14)25(29)30)22(24-23-15-6-2-1-3-7-15)20(27)17-8-4-5-9-18(17)21(22)28/h1-13H. The number of nitrogens with zero attached hydrogens (tertiary/aromatic N) is 3. The van der Waals surface area contributed by atoms with Crippen LogP contribution in [0.1, 0.15) is 31.1 Å². The highest BCUT2D eigenvalue weighted by Crippen LogP contribution is 2.37. The fourth-order valence-electron chi connectivity index (χ4n) is 3.29. The quantitative estimate of drug-likeness (QED) is 0.207. The molecule has 0 aliphatic heterocycles. The van der Waals surface area contributed by atoms with Gasteiger partial charge >= 0.3 is 0 Å². The molecule has 0 bridgehead atoms. The van der Waals surface area contributed by atoms with Gasteiger partial charge in [0.15, 0.2) is 0 Å². The lowest BCUT2D eigenvalue weighted by Gasteiger charge is -2.18. The third-order valence-corrected chi connectivity index (χ3v) is 4.81. The van der Waals surface area contributed by atoms with Crippen LogP contribution in [-0.4, -0.2) is 27.8 Å². The van der Waals surface area contributed by atoms with Crippen molar-refractivity contribution in [1.29, 1.82) is 0 Å². The van der Waals surface area contributed by atoms with Gasteiger partial charge < -0.3 is 0 Å². The van der Waals surface area contributed by atoms with Gasteiger partial charge in [0.1, 0.15) is 0 Å². The minimum Gasteiger partial charge on any atom is -0.290 e. The topological polar surface area (TPSA) is 119 Å². The number of hydrogen-bond donors (Lipinski definition) is 0. The van der Waals surface area contributed by atoms with E-state index in [1.54, 1.807) is 42.5 Å². The minimum atomic E-state index is -2.41. The van der Waals surface area contributed by atoms with Crippen LogP contribution in [0.3, 0.4) is 0 Å². The summed E-state index contributed by atoms with van der Waals surface area (Å²) in [6.45, 7) is 0. The van der Waals surface area contributed by atoms with Crippen LogP contribution < -0.4 is 0 Å². The maximum absolute atomic E-state index is 13.4. The Hall–Kier alpha value is -4.33. The van der Waals surface area contributed by atoms with Crippen molar-refractivity contribution >= 4 is 28.7 Å². The first-order valence-corrected chi connectivity index (χ1v) is 8.91. The Balaban J connectivity index is 1.86. The summed E-state index contributed by atoms with van der Waals surface area (Å²) >= 11 is 0. The lowest BCUT2D eigenvalue weighted by Crippen LogP contribution is -2.47. The predicted molar refractivity (Wildman–Crippen MR) is 106 cm³/mol. The van der Waals surface area contributed by atoms with Crippen molar-refractivity contribution in [3.05, 3.63) is 106 Å². The van der Waals surface area contributed by atoms with E-state index in [4.69, 9.17) is 0 Å². The lowest BCUT2D eigenvalue weighted by molar-refractivity contribution is -0.384. The molecule has 3 aromatic rings. The van der Waals surface area contributed by atoms with Gasteiger partial charge in [-0.1, -0.05) is 42.5 Å². The monoisotopic (exact) mass is 399 g/mol. The first-order valence-electron chi connectivity index (χ1n) is 8.91. The first-order chi connectivity index (χ1) is 14.4. The van der Waals surface area contributed by atoms with Crippen molar-refractivity contribution in [3.8, 4) is 0 Å². The number of fused-ring (bicyclic) bond motifs is 1. The third kappa shape index (κ3) is 2.91. The molecule has 0 atom stereocenters. The molecular formula is C22H13N3O5.